The van der Waals surface area contributed by atoms with Crippen LogP contribution in [0, 0.1) is 16.0 Å². The molecular formula is C17H20N2O6. The topological polar surface area (TPSA) is 121 Å². The summed E-state index contributed by atoms with van der Waals surface area (Å²) in [5.41, 5.74) is 0.314. The van der Waals surface area contributed by atoms with Crippen molar-refractivity contribution in [2.45, 2.75) is 26.3 Å². The van der Waals surface area contributed by atoms with Crippen LogP contribution in [0.25, 0.3) is 0 Å². The number of nitro groups is 1. The Balaban J connectivity index is 2.48. The van der Waals surface area contributed by atoms with Crippen molar-refractivity contribution in [3.63, 3.8) is 0 Å². The maximum Gasteiger partial charge on any atom is 0.290 e. The first-order chi connectivity index (χ1) is 11.8. The second-order valence-corrected chi connectivity index (χ2v) is 6.26. The zero-order chi connectivity index (χ0) is 18.7. The number of ketones is 1. The van der Waals surface area contributed by atoms with Gasteiger partial charge in [0.1, 0.15) is 0 Å². The third-order valence-corrected chi connectivity index (χ3v) is 3.96. The van der Waals surface area contributed by atoms with Gasteiger partial charge in [-0.1, -0.05) is 13.8 Å². The number of carbonyl (C=O) groups is 2. The van der Waals surface area contributed by atoms with E-state index in [-0.39, 0.29) is 42.5 Å². The van der Waals surface area contributed by atoms with Gasteiger partial charge < -0.3 is 15.1 Å². The number of aliphatic hydroxyl groups excluding tert-OH is 2. The minimum atomic E-state index is -0.869. The van der Waals surface area contributed by atoms with Crippen LogP contribution >= 0.6 is 0 Å². The second-order valence-electron chi connectivity index (χ2n) is 6.26. The van der Waals surface area contributed by atoms with E-state index >= 15 is 0 Å². The van der Waals surface area contributed by atoms with Crippen LogP contribution in [-0.2, 0) is 9.59 Å². The molecule has 0 aromatic heterocycles. The number of rotatable bonds is 7. The molecule has 1 atom stereocenters. The van der Waals surface area contributed by atoms with E-state index in [1.807, 2.05) is 13.8 Å². The molecule has 1 heterocycles. The van der Waals surface area contributed by atoms with Gasteiger partial charge >= 0.3 is 0 Å². The van der Waals surface area contributed by atoms with Crippen molar-refractivity contribution in [3.8, 4) is 0 Å². The van der Waals surface area contributed by atoms with Gasteiger partial charge in [-0.3, -0.25) is 19.7 Å². The highest BCUT2D eigenvalue weighted by atomic mass is 16.6. The molecule has 1 aromatic rings. The molecule has 1 unspecified atom stereocenters. The first kappa shape index (κ1) is 18.6. The van der Waals surface area contributed by atoms with Crippen molar-refractivity contribution in [1.29, 1.82) is 0 Å². The summed E-state index contributed by atoms with van der Waals surface area (Å²) >= 11 is 0. The molecule has 0 saturated heterocycles. The Labute approximate surface area is 144 Å². The van der Waals surface area contributed by atoms with E-state index < -0.39 is 22.6 Å². The maximum absolute atomic E-state index is 12.6. The third-order valence-electron chi connectivity index (χ3n) is 3.96. The van der Waals surface area contributed by atoms with Crippen LogP contribution in [0.15, 0.2) is 35.6 Å². The normalized spacial score (nSPS) is 17.5. The first-order valence-corrected chi connectivity index (χ1v) is 7.90. The van der Waals surface area contributed by atoms with E-state index in [0.29, 0.717) is 5.56 Å². The number of hydrogen-bond acceptors (Lipinski definition) is 6. The monoisotopic (exact) mass is 348 g/mol. The molecule has 25 heavy (non-hydrogen) atoms. The van der Waals surface area contributed by atoms with Gasteiger partial charge in [0, 0.05) is 25.1 Å². The molecule has 1 aliphatic heterocycles. The van der Waals surface area contributed by atoms with E-state index in [1.54, 1.807) is 0 Å². The number of β-amino-alcohol motifs (C(OH)–C–C–N with tert-alkyl or cyclic N) is 1. The summed E-state index contributed by atoms with van der Waals surface area (Å²) in [5, 5.41) is 30.2. The third kappa shape index (κ3) is 3.69. The van der Waals surface area contributed by atoms with Crippen LogP contribution in [-0.4, -0.2) is 44.9 Å². The van der Waals surface area contributed by atoms with Crippen molar-refractivity contribution < 1.29 is 24.7 Å². The lowest BCUT2D eigenvalue weighted by Gasteiger charge is -2.26. The molecule has 2 rings (SSSR count). The lowest BCUT2D eigenvalue weighted by molar-refractivity contribution is -0.384. The molecule has 1 aliphatic rings. The number of benzene rings is 1. The van der Waals surface area contributed by atoms with Gasteiger partial charge in [-0.15, -0.1) is 0 Å². The van der Waals surface area contributed by atoms with Gasteiger partial charge in [0.25, 0.3) is 11.6 Å². The average Bonchev–Trinajstić information content (AvgIpc) is 2.79. The predicted octanol–water partition coefficient (Wildman–Crippen LogP) is 1.90. The van der Waals surface area contributed by atoms with E-state index in [9.17, 15) is 29.9 Å². The molecule has 0 radical (unpaired) electrons. The fourth-order valence-electron chi connectivity index (χ4n) is 2.88. The van der Waals surface area contributed by atoms with Crippen molar-refractivity contribution in [1.82, 2.24) is 4.90 Å². The Morgan fingerprint density at radius 2 is 1.92 bits per heavy atom. The fraction of sp³-hybridized carbons (Fsp3) is 0.412. The molecular weight excluding hydrogens is 328 g/mol. The van der Waals surface area contributed by atoms with Gasteiger partial charge in [-0.25, -0.2) is 0 Å². The highest BCUT2D eigenvalue weighted by molar-refractivity contribution is 6.09. The largest absolute Gasteiger partial charge is 0.503 e. The Bertz CT molecular complexity index is 723. The van der Waals surface area contributed by atoms with Gasteiger partial charge in [-0.05, 0) is 23.6 Å². The standard InChI is InChI=1S/C17H20N2O6/c1-10(2)9-13(21)14-15(18(7-8-20)17(23)16(14)22)11-3-5-12(6-4-11)19(24)25/h3-6,10,15,20,22H,7-9H2,1-2H3. The van der Waals surface area contributed by atoms with Crippen molar-refractivity contribution in [2.24, 2.45) is 5.92 Å². The fourth-order valence-corrected chi connectivity index (χ4v) is 2.88. The zero-order valence-electron chi connectivity index (χ0n) is 14.0. The molecule has 0 aliphatic carbocycles. The van der Waals surface area contributed by atoms with E-state index in [4.69, 9.17) is 0 Å². The molecule has 134 valence electrons. The van der Waals surface area contributed by atoms with Gasteiger partial charge in [0.15, 0.2) is 11.5 Å². The number of non-ortho nitro benzene ring substituents is 1. The van der Waals surface area contributed by atoms with Crippen LogP contribution in [0.5, 0.6) is 0 Å². The summed E-state index contributed by atoms with van der Waals surface area (Å²) in [5.74, 6) is -1.68. The number of amides is 1. The van der Waals surface area contributed by atoms with Crippen LogP contribution in [0.2, 0.25) is 0 Å². The van der Waals surface area contributed by atoms with Crippen LogP contribution in [0.1, 0.15) is 31.9 Å². The summed E-state index contributed by atoms with van der Waals surface area (Å²) < 4.78 is 0. The zero-order valence-corrected chi connectivity index (χ0v) is 14.0. The maximum atomic E-state index is 12.6. The van der Waals surface area contributed by atoms with Gasteiger partial charge in [0.2, 0.25) is 0 Å². The summed E-state index contributed by atoms with van der Waals surface area (Å²) in [6.07, 6.45) is 0.156. The predicted molar refractivity (Wildman–Crippen MR) is 88.8 cm³/mol. The molecule has 1 amide bonds. The molecule has 0 bridgehead atoms. The summed E-state index contributed by atoms with van der Waals surface area (Å²) in [6.45, 7) is 3.29. The number of nitro benzene ring substituents is 1. The highest BCUT2D eigenvalue weighted by Crippen LogP contribution is 2.38. The van der Waals surface area contributed by atoms with Crippen molar-refractivity contribution >= 4 is 17.4 Å². The minimum Gasteiger partial charge on any atom is -0.503 e. The Kier molecular flexibility index (Phi) is 5.53. The molecule has 0 spiro atoms. The van der Waals surface area contributed by atoms with E-state index in [2.05, 4.69) is 0 Å². The molecule has 2 N–H and O–H groups in total. The highest BCUT2D eigenvalue weighted by Gasteiger charge is 2.43. The number of hydrogen-bond donors (Lipinski definition) is 2. The summed E-state index contributed by atoms with van der Waals surface area (Å²) in [6, 6.07) is 4.57. The second kappa shape index (κ2) is 7.43. The summed E-state index contributed by atoms with van der Waals surface area (Å²) in [4.78, 5) is 36.3. The van der Waals surface area contributed by atoms with Crippen LogP contribution in [0.3, 0.4) is 0 Å². The number of aliphatic hydroxyl groups is 2. The Hall–Kier alpha value is -2.74. The van der Waals surface area contributed by atoms with Crippen LogP contribution < -0.4 is 0 Å². The van der Waals surface area contributed by atoms with E-state index in [1.165, 1.54) is 29.2 Å². The number of Topliss-reactive ketones (excluding diaryl/α,β-unsaturated/α-hetero) is 1. The van der Waals surface area contributed by atoms with Crippen molar-refractivity contribution in [3.05, 3.63) is 51.3 Å². The Morgan fingerprint density at radius 3 is 2.40 bits per heavy atom. The first-order valence-electron chi connectivity index (χ1n) is 7.90. The molecule has 8 nitrogen and oxygen atoms in total. The lowest BCUT2D eigenvalue weighted by Crippen LogP contribution is -2.33. The SMILES string of the molecule is CC(C)CC(=O)C1=C(O)C(=O)N(CCO)C1c1ccc([N+](=O)[O-])cc1. The lowest BCUT2D eigenvalue weighted by atomic mass is 9.92. The minimum absolute atomic E-state index is 0.0268. The smallest absolute Gasteiger partial charge is 0.290 e. The number of nitrogens with zero attached hydrogens (tertiary/aromatic N) is 2. The number of carbonyl (C=O) groups excluding carboxylic acids is 2. The van der Waals surface area contributed by atoms with Gasteiger partial charge in [0.05, 0.1) is 23.1 Å². The van der Waals surface area contributed by atoms with Crippen LogP contribution in [0.4, 0.5) is 5.69 Å². The Morgan fingerprint density at radius 1 is 1.32 bits per heavy atom. The molecule has 0 fully saturated rings. The van der Waals surface area contributed by atoms with E-state index in [0.717, 1.165) is 0 Å². The molecule has 0 saturated carbocycles. The molecule has 1 aromatic carbocycles. The quantitative estimate of drug-likeness (QED) is 0.573. The average molecular weight is 348 g/mol. The summed E-state index contributed by atoms with van der Waals surface area (Å²) in [7, 11) is 0. The van der Waals surface area contributed by atoms with Gasteiger partial charge in [-0.2, -0.15) is 0 Å². The van der Waals surface area contributed by atoms with Crippen molar-refractivity contribution in [2.75, 3.05) is 13.2 Å². The molecule has 8 heteroatoms.